The van der Waals surface area contributed by atoms with Gasteiger partial charge in [-0.05, 0) is 61.7 Å². The van der Waals surface area contributed by atoms with Gasteiger partial charge in [0.05, 0.1) is 38.5 Å². The minimum atomic E-state index is -0.795. The first-order chi connectivity index (χ1) is 16.5. The maximum atomic E-state index is 13.2. The zero-order valence-electron chi connectivity index (χ0n) is 19.6. The fourth-order valence-electron chi connectivity index (χ4n) is 4.46. The van der Waals surface area contributed by atoms with Crippen LogP contribution in [0.25, 0.3) is 5.76 Å². The highest BCUT2D eigenvalue weighted by Crippen LogP contribution is 2.42. The number of nitrogens with zero attached hydrogens (tertiary/aromatic N) is 1. The molecule has 34 heavy (non-hydrogen) atoms. The number of ketones is 1. The third-order valence-corrected chi connectivity index (χ3v) is 6.13. The highest BCUT2D eigenvalue weighted by Gasteiger charge is 2.47. The fourth-order valence-corrected chi connectivity index (χ4v) is 4.46. The van der Waals surface area contributed by atoms with Crippen LogP contribution < -0.4 is 14.2 Å². The van der Waals surface area contributed by atoms with Gasteiger partial charge in [0, 0.05) is 18.7 Å². The normalized spacial score (nSPS) is 21.7. The Hall–Kier alpha value is -3.52. The van der Waals surface area contributed by atoms with Crippen LogP contribution in [0.15, 0.2) is 48.0 Å². The van der Waals surface area contributed by atoms with Crippen LogP contribution in [0.5, 0.6) is 17.2 Å². The average molecular weight is 468 g/mol. The van der Waals surface area contributed by atoms with E-state index >= 15 is 0 Å². The Balaban J connectivity index is 1.82. The van der Waals surface area contributed by atoms with Crippen molar-refractivity contribution in [3.8, 4) is 17.2 Å². The molecule has 2 atom stereocenters. The summed E-state index contributed by atoms with van der Waals surface area (Å²) in [5.74, 6) is 0.0101. The van der Waals surface area contributed by atoms with Gasteiger partial charge < -0.3 is 29.0 Å². The van der Waals surface area contributed by atoms with E-state index < -0.39 is 17.7 Å². The molecule has 0 bridgehead atoms. The summed E-state index contributed by atoms with van der Waals surface area (Å²) < 4.78 is 22.0. The monoisotopic (exact) mass is 467 g/mol. The number of ether oxygens (including phenoxy) is 4. The summed E-state index contributed by atoms with van der Waals surface area (Å²) in [5, 5.41) is 11.2. The Kier molecular flexibility index (Phi) is 7.07. The van der Waals surface area contributed by atoms with Crippen LogP contribution in [0.3, 0.4) is 0 Å². The lowest BCUT2D eigenvalue weighted by Gasteiger charge is -2.28. The molecule has 2 heterocycles. The van der Waals surface area contributed by atoms with E-state index in [1.165, 1.54) is 12.0 Å². The Bertz CT molecular complexity index is 1090. The number of carbonyl (C=O) groups is 2. The number of amides is 1. The molecule has 0 aromatic heterocycles. The molecule has 180 valence electrons. The lowest BCUT2D eigenvalue weighted by molar-refractivity contribution is -0.140. The van der Waals surface area contributed by atoms with E-state index in [-0.39, 0.29) is 24.0 Å². The van der Waals surface area contributed by atoms with Gasteiger partial charge in [-0.25, -0.2) is 0 Å². The van der Waals surface area contributed by atoms with Gasteiger partial charge >= 0.3 is 0 Å². The number of methoxy groups -OCH3 is 2. The molecule has 2 aromatic carbocycles. The van der Waals surface area contributed by atoms with Crippen LogP contribution in [-0.2, 0) is 14.3 Å². The minimum absolute atomic E-state index is 0.0272. The van der Waals surface area contributed by atoms with Gasteiger partial charge in [-0.2, -0.15) is 0 Å². The van der Waals surface area contributed by atoms with E-state index in [1.54, 1.807) is 49.6 Å². The lowest BCUT2D eigenvalue weighted by Crippen LogP contribution is -2.36. The molecule has 8 nitrogen and oxygen atoms in total. The molecule has 2 aliphatic heterocycles. The number of benzene rings is 2. The van der Waals surface area contributed by atoms with E-state index in [4.69, 9.17) is 18.9 Å². The van der Waals surface area contributed by atoms with Gasteiger partial charge in [-0.3, -0.25) is 9.59 Å². The molecule has 2 fully saturated rings. The Morgan fingerprint density at radius 1 is 1.09 bits per heavy atom. The van der Waals surface area contributed by atoms with Gasteiger partial charge in [0.1, 0.15) is 11.5 Å². The van der Waals surface area contributed by atoms with Gasteiger partial charge in [-0.15, -0.1) is 0 Å². The predicted molar refractivity (Wildman–Crippen MR) is 125 cm³/mol. The first-order valence-corrected chi connectivity index (χ1v) is 11.3. The number of aliphatic hydroxyl groups is 1. The summed E-state index contributed by atoms with van der Waals surface area (Å²) in [7, 11) is 3.08. The molecular formula is C26H29NO7. The van der Waals surface area contributed by atoms with E-state index in [2.05, 4.69) is 0 Å². The zero-order chi connectivity index (χ0) is 24.2. The molecular weight excluding hydrogens is 438 g/mol. The van der Waals surface area contributed by atoms with Gasteiger partial charge in [0.25, 0.3) is 11.7 Å². The maximum Gasteiger partial charge on any atom is 0.295 e. The second kappa shape index (κ2) is 10.2. The number of hydrogen-bond donors (Lipinski definition) is 1. The molecule has 0 aliphatic carbocycles. The quantitative estimate of drug-likeness (QED) is 0.359. The van der Waals surface area contributed by atoms with Crippen LogP contribution in [0.2, 0.25) is 0 Å². The highest BCUT2D eigenvalue weighted by atomic mass is 16.5. The summed E-state index contributed by atoms with van der Waals surface area (Å²) in [6.45, 7) is 3.22. The Morgan fingerprint density at radius 3 is 2.47 bits per heavy atom. The molecule has 0 radical (unpaired) electrons. The molecule has 2 saturated heterocycles. The van der Waals surface area contributed by atoms with Gasteiger partial charge in [0.15, 0.2) is 11.5 Å². The van der Waals surface area contributed by atoms with E-state index in [9.17, 15) is 14.7 Å². The third kappa shape index (κ3) is 4.46. The van der Waals surface area contributed by atoms with E-state index in [0.29, 0.717) is 41.6 Å². The molecule has 1 amide bonds. The second-order valence-corrected chi connectivity index (χ2v) is 8.16. The lowest BCUT2D eigenvalue weighted by atomic mass is 9.94. The Morgan fingerprint density at radius 2 is 1.85 bits per heavy atom. The molecule has 2 unspecified atom stereocenters. The molecule has 1 N–H and O–H groups in total. The maximum absolute atomic E-state index is 13.2. The van der Waals surface area contributed by atoms with Crippen molar-refractivity contribution < 1.29 is 33.6 Å². The van der Waals surface area contributed by atoms with Crippen molar-refractivity contribution in [2.75, 3.05) is 34.0 Å². The van der Waals surface area contributed by atoms with Crippen molar-refractivity contribution in [2.45, 2.75) is 31.9 Å². The predicted octanol–water partition coefficient (Wildman–Crippen LogP) is 3.70. The fraction of sp³-hybridized carbons (Fsp3) is 0.385. The number of carbonyl (C=O) groups excluding carboxylic acids is 2. The standard InChI is InChI=1S/C26H29NO7/c1-4-33-20-12-9-17(14-21(20)32-3)23-22(24(28)16-7-10-18(31-2)11-8-16)25(29)26(30)27(23)15-19-6-5-13-34-19/h7-12,14,19,23,28H,4-6,13,15H2,1-3H3/b24-22+. The summed E-state index contributed by atoms with van der Waals surface area (Å²) in [5.41, 5.74) is 1.07. The third-order valence-electron chi connectivity index (χ3n) is 6.13. The van der Waals surface area contributed by atoms with Gasteiger partial charge in [0.2, 0.25) is 0 Å². The summed E-state index contributed by atoms with van der Waals surface area (Å²) in [4.78, 5) is 27.8. The van der Waals surface area contributed by atoms with Crippen molar-refractivity contribution >= 4 is 17.4 Å². The SMILES string of the molecule is CCOc1ccc(C2/C(=C(\O)c3ccc(OC)cc3)C(=O)C(=O)N2CC2CCCO2)cc1OC. The average Bonchev–Trinajstić information content (AvgIpc) is 3.46. The van der Waals surface area contributed by atoms with Crippen LogP contribution in [0.4, 0.5) is 0 Å². The van der Waals surface area contributed by atoms with Crippen LogP contribution >= 0.6 is 0 Å². The molecule has 8 heteroatoms. The number of aliphatic hydroxyl groups excluding tert-OH is 1. The Labute approximate surface area is 198 Å². The van der Waals surface area contributed by atoms with Crippen LogP contribution in [0.1, 0.15) is 36.9 Å². The second-order valence-electron chi connectivity index (χ2n) is 8.16. The minimum Gasteiger partial charge on any atom is -0.507 e. The highest BCUT2D eigenvalue weighted by molar-refractivity contribution is 6.46. The molecule has 2 aromatic rings. The molecule has 4 rings (SSSR count). The first kappa shape index (κ1) is 23.6. The van der Waals surface area contributed by atoms with Crippen LogP contribution in [-0.4, -0.2) is 61.8 Å². The smallest absolute Gasteiger partial charge is 0.295 e. The van der Waals surface area contributed by atoms with Crippen LogP contribution in [0, 0.1) is 0 Å². The molecule has 0 saturated carbocycles. The topological polar surface area (TPSA) is 94.5 Å². The number of likely N-dealkylation sites (tertiary alicyclic amines) is 1. The van der Waals surface area contributed by atoms with Crippen molar-refractivity contribution in [2.24, 2.45) is 0 Å². The van der Waals surface area contributed by atoms with Crippen molar-refractivity contribution in [1.82, 2.24) is 4.90 Å². The number of rotatable bonds is 8. The molecule has 2 aliphatic rings. The van der Waals surface area contributed by atoms with E-state index in [1.807, 2.05) is 6.92 Å². The van der Waals surface area contributed by atoms with Crippen molar-refractivity contribution in [1.29, 1.82) is 0 Å². The largest absolute Gasteiger partial charge is 0.507 e. The van der Waals surface area contributed by atoms with E-state index in [0.717, 1.165) is 12.8 Å². The van der Waals surface area contributed by atoms with Crippen molar-refractivity contribution in [3.05, 3.63) is 59.2 Å². The summed E-state index contributed by atoms with van der Waals surface area (Å²) in [6.07, 6.45) is 1.55. The molecule has 0 spiro atoms. The summed E-state index contributed by atoms with van der Waals surface area (Å²) >= 11 is 0. The van der Waals surface area contributed by atoms with Gasteiger partial charge in [-0.1, -0.05) is 6.07 Å². The summed E-state index contributed by atoms with van der Waals surface area (Å²) in [6, 6.07) is 11.2. The number of Topliss-reactive ketones (excluding diaryl/α,β-unsaturated/α-hetero) is 1. The van der Waals surface area contributed by atoms with Crippen molar-refractivity contribution in [3.63, 3.8) is 0 Å². The zero-order valence-corrected chi connectivity index (χ0v) is 19.6. The number of hydrogen-bond acceptors (Lipinski definition) is 7. The first-order valence-electron chi connectivity index (χ1n) is 11.3.